The molecule has 1 aromatic heterocycles. The molecule has 0 aliphatic carbocycles. The molecular weight excluding hydrogens is 380 g/mol. The van der Waals surface area contributed by atoms with Crippen molar-refractivity contribution in [3.05, 3.63) is 94.8 Å². The molecule has 0 atom stereocenters. The van der Waals surface area contributed by atoms with Crippen molar-refractivity contribution in [2.75, 3.05) is 6.61 Å². The highest BCUT2D eigenvalue weighted by Crippen LogP contribution is 2.20. The van der Waals surface area contributed by atoms with Crippen LogP contribution in [-0.4, -0.2) is 16.2 Å². The van der Waals surface area contributed by atoms with Crippen LogP contribution in [0.3, 0.4) is 0 Å². The number of ether oxygens (including phenoxy) is 1. The number of aryl methyl sites for hydroxylation is 2. The first kappa shape index (κ1) is 19.3. The Balaban J connectivity index is 1.50. The van der Waals surface area contributed by atoms with Gasteiger partial charge >= 0.3 is 0 Å². The van der Waals surface area contributed by atoms with Crippen molar-refractivity contribution in [2.24, 2.45) is 0 Å². The van der Waals surface area contributed by atoms with Gasteiger partial charge < -0.3 is 9.30 Å². The number of benzene rings is 3. The molecule has 4 heteroatoms. The molecule has 0 saturated heterocycles. The Morgan fingerprint density at radius 1 is 0.931 bits per heavy atom. The van der Waals surface area contributed by atoms with Crippen LogP contribution in [0.2, 0.25) is 5.02 Å². The van der Waals surface area contributed by atoms with E-state index in [4.69, 9.17) is 21.3 Å². The summed E-state index contributed by atoms with van der Waals surface area (Å²) in [6.07, 6.45) is 5.03. The van der Waals surface area contributed by atoms with Crippen LogP contribution in [0, 0.1) is 6.92 Å². The number of nitrogens with zero attached hydrogens (tertiary/aromatic N) is 2. The van der Waals surface area contributed by atoms with E-state index in [0.717, 1.165) is 51.7 Å². The summed E-state index contributed by atoms with van der Waals surface area (Å²) in [4.78, 5) is 4.81. The van der Waals surface area contributed by atoms with E-state index in [1.54, 1.807) is 0 Å². The number of para-hydroxylation sites is 3. The molecule has 29 heavy (non-hydrogen) atoms. The Kier molecular flexibility index (Phi) is 5.97. The van der Waals surface area contributed by atoms with Crippen molar-refractivity contribution >= 4 is 34.8 Å². The van der Waals surface area contributed by atoms with E-state index < -0.39 is 0 Å². The summed E-state index contributed by atoms with van der Waals surface area (Å²) in [6, 6.07) is 24.2. The quantitative estimate of drug-likeness (QED) is 0.324. The summed E-state index contributed by atoms with van der Waals surface area (Å²) in [5, 5.41) is 0.739. The van der Waals surface area contributed by atoms with Crippen LogP contribution < -0.4 is 4.74 Å². The third kappa shape index (κ3) is 4.69. The van der Waals surface area contributed by atoms with Crippen LogP contribution >= 0.6 is 11.6 Å². The first-order valence-corrected chi connectivity index (χ1v) is 10.2. The van der Waals surface area contributed by atoms with Crippen molar-refractivity contribution in [2.45, 2.75) is 19.9 Å². The third-order valence-electron chi connectivity index (χ3n) is 4.86. The smallest absolute Gasteiger partial charge is 0.133 e. The SMILES string of the molecule is Cc1ccccc1OCCCn1c(C=Cc2ccc(Cl)cc2)nc2ccccc21. The maximum Gasteiger partial charge on any atom is 0.133 e. The van der Waals surface area contributed by atoms with Gasteiger partial charge in [-0.25, -0.2) is 4.98 Å². The third-order valence-corrected chi connectivity index (χ3v) is 5.11. The molecule has 0 fully saturated rings. The summed E-state index contributed by atoms with van der Waals surface area (Å²) in [5.41, 5.74) is 4.39. The molecule has 0 spiro atoms. The maximum absolute atomic E-state index is 5.98. The largest absolute Gasteiger partial charge is 0.493 e. The number of aromatic nitrogens is 2. The average Bonchev–Trinajstić information content (AvgIpc) is 3.09. The van der Waals surface area contributed by atoms with E-state index in [1.165, 1.54) is 0 Å². The van der Waals surface area contributed by atoms with Gasteiger partial charge in [-0.2, -0.15) is 0 Å². The number of hydrogen-bond donors (Lipinski definition) is 0. The second-order valence-electron chi connectivity index (χ2n) is 6.96. The van der Waals surface area contributed by atoms with Gasteiger partial charge in [0.2, 0.25) is 0 Å². The lowest BCUT2D eigenvalue weighted by molar-refractivity contribution is 0.300. The molecule has 0 N–H and O–H groups in total. The van der Waals surface area contributed by atoms with E-state index in [2.05, 4.69) is 47.9 Å². The average molecular weight is 403 g/mol. The fraction of sp³-hybridized carbons (Fsp3) is 0.160. The Hall–Kier alpha value is -3.04. The predicted octanol–water partition coefficient (Wildman–Crippen LogP) is 6.64. The summed E-state index contributed by atoms with van der Waals surface area (Å²) < 4.78 is 8.22. The molecule has 1 heterocycles. The molecule has 0 unspecified atom stereocenters. The molecule has 0 aliphatic heterocycles. The molecule has 0 saturated carbocycles. The summed E-state index contributed by atoms with van der Waals surface area (Å²) in [7, 11) is 0. The summed E-state index contributed by atoms with van der Waals surface area (Å²) in [5.74, 6) is 1.89. The first-order chi connectivity index (χ1) is 14.2. The van der Waals surface area contributed by atoms with Crippen LogP contribution in [0.5, 0.6) is 5.75 Å². The molecule has 3 aromatic carbocycles. The topological polar surface area (TPSA) is 27.1 Å². The minimum Gasteiger partial charge on any atom is -0.493 e. The molecule has 4 rings (SSSR count). The normalized spacial score (nSPS) is 11.4. The Labute approximate surface area is 176 Å². The van der Waals surface area contributed by atoms with Gasteiger partial charge in [-0.3, -0.25) is 0 Å². The Morgan fingerprint density at radius 2 is 1.69 bits per heavy atom. The van der Waals surface area contributed by atoms with Crippen LogP contribution in [0.4, 0.5) is 0 Å². The van der Waals surface area contributed by atoms with Gasteiger partial charge in [-0.05, 0) is 60.9 Å². The van der Waals surface area contributed by atoms with Crippen molar-refractivity contribution < 1.29 is 4.74 Å². The minimum atomic E-state index is 0.664. The lowest BCUT2D eigenvalue weighted by Crippen LogP contribution is -2.06. The number of imidazole rings is 1. The van der Waals surface area contributed by atoms with Crippen LogP contribution in [-0.2, 0) is 6.54 Å². The number of halogens is 1. The molecule has 0 amide bonds. The van der Waals surface area contributed by atoms with Crippen molar-refractivity contribution in [3.8, 4) is 5.75 Å². The fourth-order valence-electron chi connectivity index (χ4n) is 3.32. The molecule has 0 radical (unpaired) electrons. The molecule has 3 nitrogen and oxygen atoms in total. The summed E-state index contributed by atoms with van der Waals surface area (Å²) in [6.45, 7) is 3.57. The molecule has 0 bridgehead atoms. The van der Waals surface area contributed by atoms with E-state index in [0.29, 0.717) is 6.61 Å². The standard InChI is InChI=1S/C25H23ClN2O/c1-19-7-2-5-10-24(19)29-18-6-17-28-23-9-4-3-8-22(23)27-25(28)16-13-20-11-14-21(26)15-12-20/h2-5,7-16H,6,17-18H2,1H3. The van der Waals surface area contributed by atoms with Crippen LogP contribution in [0.25, 0.3) is 23.2 Å². The monoisotopic (exact) mass is 402 g/mol. The minimum absolute atomic E-state index is 0.664. The number of hydrogen-bond acceptors (Lipinski definition) is 2. The highest BCUT2D eigenvalue weighted by atomic mass is 35.5. The van der Waals surface area contributed by atoms with E-state index in [1.807, 2.05) is 48.5 Å². The second kappa shape index (κ2) is 8.97. The van der Waals surface area contributed by atoms with Crippen LogP contribution in [0.1, 0.15) is 23.4 Å². The zero-order chi connectivity index (χ0) is 20.1. The van der Waals surface area contributed by atoms with Gasteiger partial charge in [0.25, 0.3) is 0 Å². The van der Waals surface area contributed by atoms with Crippen molar-refractivity contribution in [3.63, 3.8) is 0 Å². The zero-order valence-electron chi connectivity index (χ0n) is 16.4. The van der Waals surface area contributed by atoms with Gasteiger partial charge in [-0.1, -0.05) is 60.1 Å². The molecular formula is C25H23ClN2O. The zero-order valence-corrected chi connectivity index (χ0v) is 17.1. The second-order valence-corrected chi connectivity index (χ2v) is 7.40. The molecule has 4 aromatic rings. The lowest BCUT2D eigenvalue weighted by atomic mass is 10.2. The number of fused-ring (bicyclic) bond motifs is 1. The highest BCUT2D eigenvalue weighted by molar-refractivity contribution is 6.30. The molecule has 146 valence electrons. The van der Waals surface area contributed by atoms with E-state index in [9.17, 15) is 0 Å². The van der Waals surface area contributed by atoms with Crippen molar-refractivity contribution in [1.29, 1.82) is 0 Å². The summed E-state index contributed by atoms with van der Waals surface area (Å²) >= 11 is 5.98. The lowest BCUT2D eigenvalue weighted by Gasteiger charge is -2.10. The van der Waals surface area contributed by atoms with Crippen LogP contribution in [0.15, 0.2) is 72.8 Å². The fourth-order valence-corrected chi connectivity index (χ4v) is 3.45. The van der Waals surface area contributed by atoms with Gasteiger partial charge in [0.05, 0.1) is 17.6 Å². The highest BCUT2D eigenvalue weighted by Gasteiger charge is 2.08. The maximum atomic E-state index is 5.98. The van der Waals surface area contributed by atoms with Gasteiger partial charge in [0.1, 0.15) is 11.6 Å². The Morgan fingerprint density at radius 3 is 2.52 bits per heavy atom. The van der Waals surface area contributed by atoms with Gasteiger partial charge in [-0.15, -0.1) is 0 Å². The predicted molar refractivity (Wildman–Crippen MR) is 121 cm³/mol. The van der Waals surface area contributed by atoms with E-state index in [-0.39, 0.29) is 0 Å². The van der Waals surface area contributed by atoms with Gasteiger partial charge in [0.15, 0.2) is 0 Å². The number of rotatable bonds is 7. The van der Waals surface area contributed by atoms with E-state index >= 15 is 0 Å². The van der Waals surface area contributed by atoms with Gasteiger partial charge in [0, 0.05) is 11.6 Å². The Bertz CT molecular complexity index is 1130. The van der Waals surface area contributed by atoms with Crippen molar-refractivity contribution in [1.82, 2.24) is 9.55 Å². The molecule has 0 aliphatic rings. The first-order valence-electron chi connectivity index (χ1n) is 9.78.